The van der Waals surface area contributed by atoms with Crippen molar-refractivity contribution in [2.24, 2.45) is 11.8 Å². The number of piperidine rings is 1. The van der Waals surface area contributed by atoms with E-state index in [-0.39, 0.29) is 17.7 Å². The summed E-state index contributed by atoms with van der Waals surface area (Å²) in [5.41, 5.74) is 0.957. The summed E-state index contributed by atoms with van der Waals surface area (Å²) in [6.45, 7) is 8.21. The second-order valence-corrected chi connectivity index (χ2v) is 6.67. The molecule has 1 aliphatic rings. The van der Waals surface area contributed by atoms with Gasteiger partial charge in [0.1, 0.15) is 0 Å². The molecule has 1 saturated heterocycles. The van der Waals surface area contributed by atoms with E-state index in [1.54, 1.807) is 0 Å². The van der Waals surface area contributed by atoms with Crippen molar-refractivity contribution < 1.29 is 9.59 Å². The molecule has 0 atom stereocenters. The first-order chi connectivity index (χ1) is 11.0. The second kappa shape index (κ2) is 8.14. The van der Waals surface area contributed by atoms with Crippen molar-refractivity contribution in [3.8, 4) is 0 Å². The zero-order valence-electron chi connectivity index (χ0n) is 14.5. The van der Waals surface area contributed by atoms with Crippen LogP contribution in [0.15, 0.2) is 30.3 Å². The molecule has 0 aromatic heterocycles. The predicted molar refractivity (Wildman–Crippen MR) is 93.2 cm³/mol. The van der Waals surface area contributed by atoms with E-state index in [0.29, 0.717) is 32.0 Å². The number of carbonyl (C=O) groups is 2. The molecule has 1 aromatic carbocycles. The smallest absolute Gasteiger partial charge is 0.230 e. The van der Waals surface area contributed by atoms with E-state index in [1.807, 2.05) is 47.1 Å². The molecule has 2 rings (SSSR count). The summed E-state index contributed by atoms with van der Waals surface area (Å²) < 4.78 is 0. The van der Waals surface area contributed by atoms with E-state index in [2.05, 4.69) is 13.8 Å². The van der Waals surface area contributed by atoms with Crippen LogP contribution in [0, 0.1) is 11.8 Å². The van der Waals surface area contributed by atoms with Gasteiger partial charge in [-0.25, -0.2) is 0 Å². The molecule has 1 heterocycles. The van der Waals surface area contributed by atoms with E-state index in [1.165, 1.54) is 0 Å². The lowest BCUT2D eigenvalue weighted by Gasteiger charge is -2.34. The normalized spacial score (nSPS) is 15.7. The second-order valence-electron chi connectivity index (χ2n) is 6.67. The number of hydrogen-bond acceptors (Lipinski definition) is 2. The first-order valence-corrected chi connectivity index (χ1v) is 8.67. The minimum Gasteiger partial charge on any atom is -0.343 e. The molecule has 126 valence electrons. The maximum Gasteiger partial charge on any atom is 0.230 e. The van der Waals surface area contributed by atoms with Crippen LogP contribution >= 0.6 is 0 Å². The molecule has 0 saturated carbocycles. The van der Waals surface area contributed by atoms with Crippen molar-refractivity contribution in [1.82, 2.24) is 4.90 Å². The molecule has 4 nitrogen and oxygen atoms in total. The predicted octanol–water partition coefficient (Wildman–Crippen LogP) is 3.32. The molecule has 0 bridgehead atoms. The Morgan fingerprint density at radius 2 is 1.78 bits per heavy atom. The minimum atomic E-state index is 0.0262. The summed E-state index contributed by atoms with van der Waals surface area (Å²) in [7, 11) is 0. The number of amides is 2. The maximum absolute atomic E-state index is 12.8. The van der Waals surface area contributed by atoms with Gasteiger partial charge >= 0.3 is 0 Å². The minimum absolute atomic E-state index is 0.0262. The fourth-order valence-electron chi connectivity index (χ4n) is 3.15. The molecular formula is C19H28N2O2. The zero-order valence-corrected chi connectivity index (χ0v) is 14.5. The molecule has 1 aromatic rings. The van der Waals surface area contributed by atoms with Gasteiger partial charge in [-0.1, -0.05) is 32.0 Å². The van der Waals surface area contributed by atoms with E-state index in [9.17, 15) is 9.59 Å². The van der Waals surface area contributed by atoms with Crippen LogP contribution in [0.25, 0.3) is 0 Å². The Bertz CT molecular complexity index is 519. The Morgan fingerprint density at radius 1 is 1.17 bits per heavy atom. The topological polar surface area (TPSA) is 40.6 Å². The number of rotatable bonds is 5. The number of hydrogen-bond donors (Lipinski definition) is 0. The Kier molecular flexibility index (Phi) is 6.20. The van der Waals surface area contributed by atoms with Gasteiger partial charge in [0.2, 0.25) is 11.8 Å². The largest absolute Gasteiger partial charge is 0.343 e. The Labute approximate surface area is 139 Å². The number of benzene rings is 1. The number of nitrogens with zero attached hydrogens (tertiary/aromatic N) is 2. The lowest BCUT2D eigenvalue weighted by atomic mass is 9.94. The first-order valence-electron chi connectivity index (χ1n) is 8.67. The molecule has 0 aliphatic carbocycles. The summed E-state index contributed by atoms with van der Waals surface area (Å²) in [4.78, 5) is 28.7. The van der Waals surface area contributed by atoms with E-state index >= 15 is 0 Å². The van der Waals surface area contributed by atoms with Gasteiger partial charge in [0.15, 0.2) is 0 Å². The molecular weight excluding hydrogens is 288 g/mol. The monoisotopic (exact) mass is 316 g/mol. The zero-order chi connectivity index (χ0) is 16.8. The molecule has 0 N–H and O–H groups in total. The lowest BCUT2D eigenvalue weighted by Crippen LogP contribution is -2.44. The highest BCUT2D eigenvalue weighted by Crippen LogP contribution is 2.24. The van der Waals surface area contributed by atoms with E-state index < -0.39 is 0 Å². The molecule has 2 amide bonds. The van der Waals surface area contributed by atoms with Crippen LogP contribution < -0.4 is 4.90 Å². The van der Waals surface area contributed by atoms with Crippen LogP contribution in [0.3, 0.4) is 0 Å². The van der Waals surface area contributed by atoms with Gasteiger partial charge in [0, 0.05) is 37.7 Å². The highest BCUT2D eigenvalue weighted by molar-refractivity contribution is 5.95. The van der Waals surface area contributed by atoms with Crippen molar-refractivity contribution in [2.75, 3.05) is 24.5 Å². The van der Waals surface area contributed by atoms with Gasteiger partial charge in [0.05, 0.1) is 0 Å². The van der Waals surface area contributed by atoms with Crippen LogP contribution in [0.5, 0.6) is 0 Å². The van der Waals surface area contributed by atoms with Crippen LogP contribution in [0.1, 0.15) is 40.0 Å². The average Bonchev–Trinajstić information content (AvgIpc) is 2.56. The summed E-state index contributed by atoms with van der Waals surface area (Å²) in [6, 6.07) is 9.82. The number of carbonyl (C=O) groups excluding carboxylic acids is 2. The summed E-state index contributed by atoms with van der Waals surface area (Å²) in [5, 5.41) is 0. The van der Waals surface area contributed by atoms with Crippen LogP contribution in [-0.4, -0.2) is 36.3 Å². The standard InChI is InChI=1S/C19H28N2O2/c1-4-21(17-8-6-5-7-9-17)19(23)16-10-12-20(13-11-16)18(22)14-15(2)3/h5-9,15-16H,4,10-14H2,1-3H3. The van der Waals surface area contributed by atoms with Gasteiger partial charge in [-0.2, -0.15) is 0 Å². The molecule has 0 spiro atoms. The molecule has 0 radical (unpaired) electrons. The third-order valence-corrected chi connectivity index (χ3v) is 4.43. The number of para-hydroxylation sites is 1. The third kappa shape index (κ3) is 4.57. The fraction of sp³-hybridized carbons (Fsp3) is 0.579. The van der Waals surface area contributed by atoms with Gasteiger partial charge in [-0.05, 0) is 37.8 Å². The van der Waals surface area contributed by atoms with Crippen molar-refractivity contribution in [1.29, 1.82) is 0 Å². The lowest BCUT2D eigenvalue weighted by molar-refractivity contribution is -0.135. The highest BCUT2D eigenvalue weighted by atomic mass is 16.2. The van der Waals surface area contributed by atoms with Crippen LogP contribution in [-0.2, 0) is 9.59 Å². The summed E-state index contributed by atoms with van der Waals surface area (Å²) in [6.07, 6.45) is 2.14. The third-order valence-electron chi connectivity index (χ3n) is 4.43. The molecule has 1 fully saturated rings. The quantitative estimate of drug-likeness (QED) is 0.836. The summed E-state index contributed by atoms with van der Waals surface area (Å²) in [5.74, 6) is 0.824. The van der Waals surface area contributed by atoms with Crippen molar-refractivity contribution in [3.63, 3.8) is 0 Å². The van der Waals surface area contributed by atoms with Crippen molar-refractivity contribution in [2.45, 2.75) is 40.0 Å². The van der Waals surface area contributed by atoms with Gasteiger partial charge < -0.3 is 9.80 Å². The average molecular weight is 316 g/mol. The van der Waals surface area contributed by atoms with E-state index in [0.717, 1.165) is 18.5 Å². The first kappa shape index (κ1) is 17.5. The van der Waals surface area contributed by atoms with Crippen molar-refractivity contribution >= 4 is 17.5 Å². The molecule has 4 heteroatoms. The number of likely N-dealkylation sites (tertiary alicyclic amines) is 1. The van der Waals surface area contributed by atoms with Gasteiger partial charge in [-0.15, -0.1) is 0 Å². The Balaban J connectivity index is 1.94. The van der Waals surface area contributed by atoms with Crippen LogP contribution in [0.4, 0.5) is 5.69 Å². The fourth-order valence-corrected chi connectivity index (χ4v) is 3.15. The van der Waals surface area contributed by atoms with Crippen LogP contribution in [0.2, 0.25) is 0 Å². The van der Waals surface area contributed by atoms with Gasteiger partial charge in [0.25, 0.3) is 0 Å². The maximum atomic E-state index is 12.8. The van der Waals surface area contributed by atoms with Crippen molar-refractivity contribution in [3.05, 3.63) is 30.3 Å². The molecule has 1 aliphatic heterocycles. The Morgan fingerprint density at radius 3 is 2.30 bits per heavy atom. The molecule has 23 heavy (non-hydrogen) atoms. The Hall–Kier alpha value is -1.84. The van der Waals surface area contributed by atoms with E-state index in [4.69, 9.17) is 0 Å². The highest BCUT2D eigenvalue weighted by Gasteiger charge is 2.30. The summed E-state index contributed by atoms with van der Waals surface area (Å²) >= 11 is 0. The number of anilines is 1. The SMILES string of the molecule is CCN(C(=O)C1CCN(C(=O)CC(C)C)CC1)c1ccccc1. The molecule has 0 unspecified atom stereocenters. The van der Waals surface area contributed by atoms with Gasteiger partial charge in [-0.3, -0.25) is 9.59 Å².